The lowest BCUT2D eigenvalue weighted by atomic mass is 9.97. The number of nitrogens with one attached hydrogen (secondary N) is 2. The third-order valence-corrected chi connectivity index (χ3v) is 5.47. The highest BCUT2D eigenvalue weighted by Gasteiger charge is 2.25. The van der Waals surface area contributed by atoms with E-state index in [1.165, 1.54) is 12.8 Å². The first-order valence-electron chi connectivity index (χ1n) is 10.5. The lowest BCUT2D eigenvalue weighted by molar-refractivity contribution is -0.124. The fourth-order valence-electron chi connectivity index (χ4n) is 4.16. The Labute approximate surface area is 191 Å². The van der Waals surface area contributed by atoms with Crippen molar-refractivity contribution in [1.82, 2.24) is 10.2 Å². The van der Waals surface area contributed by atoms with Crippen molar-refractivity contribution in [2.75, 3.05) is 32.1 Å². The summed E-state index contributed by atoms with van der Waals surface area (Å²) >= 11 is 0. The molecule has 2 saturated heterocycles. The summed E-state index contributed by atoms with van der Waals surface area (Å²) in [6.07, 6.45) is 3.96. The molecule has 2 atom stereocenters. The number of carbonyl (C=O) groups is 1. The number of rotatable bonds is 6. The molecular weight excluding hydrogens is 479 g/mol. The molecule has 0 aromatic heterocycles. The summed E-state index contributed by atoms with van der Waals surface area (Å²) in [6, 6.07) is 7.97. The maximum absolute atomic E-state index is 12.2. The van der Waals surface area contributed by atoms with Crippen LogP contribution in [0.15, 0.2) is 29.3 Å². The molecule has 2 N–H and O–H groups in total. The zero-order valence-corrected chi connectivity index (χ0v) is 20.1. The van der Waals surface area contributed by atoms with E-state index in [-0.39, 0.29) is 36.0 Å². The number of aliphatic imine (C=N–C) groups is 1. The Balaban J connectivity index is 0.00000300. The van der Waals surface area contributed by atoms with Gasteiger partial charge < -0.3 is 20.3 Å². The molecule has 0 saturated carbocycles. The van der Waals surface area contributed by atoms with Gasteiger partial charge in [0.15, 0.2) is 5.96 Å². The Morgan fingerprint density at radius 2 is 2.17 bits per heavy atom. The molecule has 29 heavy (non-hydrogen) atoms. The van der Waals surface area contributed by atoms with Crippen LogP contribution in [0.25, 0.3) is 0 Å². The zero-order chi connectivity index (χ0) is 19.9. The van der Waals surface area contributed by atoms with Gasteiger partial charge in [0, 0.05) is 39.0 Å². The van der Waals surface area contributed by atoms with Crippen molar-refractivity contribution in [3.63, 3.8) is 0 Å². The number of hydrogen-bond donors (Lipinski definition) is 2. The number of likely N-dealkylation sites (tertiary alicyclic amines) is 1. The Kier molecular flexibility index (Phi) is 9.68. The van der Waals surface area contributed by atoms with Crippen LogP contribution < -0.4 is 10.6 Å². The second-order valence-electron chi connectivity index (χ2n) is 8.32. The second-order valence-corrected chi connectivity index (χ2v) is 8.32. The van der Waals surface area contributed by atoms with Crippen LogP contribution in [0.2, 0.25) is 0 Å². The third kappa shape index (κ3) is 7.13. The number of ether oxygens (including phenoxy) is 1. The van der Waals surface area contributed by atoms with E-state index in [0.717, 1.165) is 55.0 Å². The van der Waals surface area contributed by atoms with Gasteiger partial charge in [-0.15, -0.1) is 24.0 Å². The maximum atomic E-state index is 12.2. The molecule has 1 amide bonds. The average molecular weight is 514 g/mol. The predicted octanol–water partition coefficient (Wildman–Crippen LogP) is 3.87. The van der Waals surface area contributed by atoms with E-state index in [1.807, 2.05) is 25.2 Å². The summed E-state index contributed by atoms with van der Waals surface area (Å²) in [5.41, 5.74) is 1.93. The molecule has 2 fully saturated rings. The molecule has 1 aromatic carbocycles. The molecule has 0 spiro atoms. The van der Waals surface area contributed by atoms with Crippen LogP contribution >= 0.6 is 24.0 Å². The highest BCUT2D eigenvalue weighted by atomic mass is 127. The Morgan fingerprint density at radius 3 is 2.86 bits per heavy atom. The Bertz CT molecular complexity index is 689. The summed E-state index contributed by atoms with van der Waals surface area (Å²) in [5, 5.41) is 6.45. The van der Waals surface area contributed by atoms with Crippen LogP contribution in [0.5, 0.6) is 0 Å². The molecule has 0 bridgehead atoms. The van der Waals surface area contributed by atoms with E-state index in [9.17, 15) is 4.79 Å². The lowest BCUT2D eigenvalue weighted by Crippen LogP contribution is -2.39. The van der Waals surface area contributed by atoms with Gasteiger partial charge in [-0.2, -0.15) is 0 Å². The summed E-state index contributed by atoms with van der Waals surface area (Å²) < 4.78 is 5.45. The quantitative estimate of drug-likeness (QED) is 0.344. The van der Waals surface area contributed by atoms with Crippen molar-refractivity contribution in [1.29, 1.82) is 0 Å². The topological polar surface area (TPSA) is 66.0 Å². The van der Waals surface area contributed by atoms with Crippen LogP contribution in [-0.2, 0) is 16.1 Å². The summed E-state index contributed by atoms with van der Waals surface area (Å²) in [4.78, 5) is 19.1. The number of guanidine groups is 1. The molecule has 2 heterocycles. The van der Waals surface area contributed by atoms with Crippen LogP contribution in [0.3, 0.4) is 0 Å². The minimum Gasteiger partial charge on any atom is -0.368 e. The molecule has 2 unspecified atom stereocenters. The van der Waals surface area contributed by atoms with E-state index < -0.39 is 0 Å². The van der Waals surface area contributed by atoms with E-state index >= 15 is 0 Å². The van der Waals surface area contributed by atoms with Gasteiger partial charge in [0.25, 0.3) is 5.91 Å². The van der Waals surface area contributed by atoms with E-state index in [2.05, 4.69) is 40.4 Å². The van der Waals surface area contributed by atoms with Crippen molar-refractivity contribution in [2.45, 2.75) is 52.2 Å². The number of nitrogens with zero attached hydrogens (tertiary/aromatic N) is 2. The second kappa shape index (κ2) is 11.7. The fraction of sp³-hybridized carbons (Fsp3) is 0.636. The van der Waals surface area contributed by atoms with Crippen molar-refractivity contribution in [2.24, 2.45) is 16.8 Å². The van der Waals surface area contributed by atoms with E-state index in [0.29, 0.717) is 13.2 Å². The Hall–Kier alpha value is -1.35. The van der Waals surface area contributed by atoms with Crippen molar-refractivity contribution in [3.8, 4) is 0 Å². The van der Waals surface area contributed by atoms with Crippen LogP contribution in [0.1, 0.15) is 45.1 Å². The molecular formula is C22H35IN4O2. The normalized spacial score (nSPS) is 21.9. The van der Waals surface area contributed by atoms with Crippen LogP contribution in [0, 0.1) is 11.8 Å². The van der Waals surface area contributed by atoms with E-state index in [1.54, 1.807) is 0 Å². The molecule has 0 radical (unpaired) electrons. The van der Waals surface area contributed by atoms with E-state index in [4.69, 9.17) is 4.74 Å². The van der Waals surface area contributed by atoms with Crippen molar-refractivity contribution < 1.29 is 9.53 Å². The fourth-order valence-corrected chi connectivity index (χ4v) is 4.16. The monoisotopic (exact) mass is 514 g/mol. The molecule has 162 valence electrons. The van der Waals surface area contributed by atoms with Gasteiger partial charge in [0.2, 0.25) is 0 Å². The van der Waals surface area contributed by atoms with Gasteiger partial charge in [-0.05, 0) is 55.2 Å². The van der Waals surface area contributed by atoms with Crippen molar-refractivity contribution >= 4 is 41.5 Å². The largest absolute Gasteiger partial charge is 0.368 e. The van der Waals surface area contributed by atoms with Gasteiger partial charge >= 0.3 is 0 Å². The molecule has 3 rings (SSSR count). The molecule has 2 aliphatic heterocycles. The minimum atomic E-state index is -0.311. The highest BCUT2D eigenvalue weighted by Crippen LogP contribution is 2.23. The van der Waals surface area contributed by atoms with Gasteiger partial charge in [-0.25, -0.2) is 0 Å². The first-order valence-corrected chi connectivity index (χ1v) is 10.5. The molecule has 6 nitrogen and oxygen atoms in total. The SMILES string of the molecule is CN=C(NCc1cccc(NC(=O)C2CCCO2)c1)N1CCC(CC(C)C)C1.I. The predicted molar refractivity (Wildman–Crippen MR) is 129 cm³/mol. The average Bonchev–Trinajstić information content (AvgIpc) is 3.34. The molecule has 1 aromatic rings. The van der Waals surface area contributed by atoms with Gasteiger partial charge in [-0.1, -0.05) is 26.0 Å². The number of hydrogen-bond acceptors (Lipinski definition) is 3. The van der Waals surface area contributed by atoms with Gasteiger partial charge in [0.05, 0.1) is 0 Å². The standard InChI is InChI=1S/C22H34N4O2.HI/c1-16(2)12-18-9-10-26(15-18)22(23-3)24-14-17-6-4-7-19(13-17)25-21(27)20-8-5-11-28-20;/h4,6-7,13,16,18,20H,5,8-12,14-15H2,1-3H3,(H,23,24)(H,25,27);1H. The highest BCUT2D eigenvalue weighted by molar-refractivity contribution is 14.0. The summed E-state index contributed by atoms with van der Waals surface area (Å²) in [6.45, 7) is 8.09. The first kappa shape index (κ1) is 23.9. The lowest BCUT2D eigenvalue weighted by Gasteiger charge is -2.22. The summed E-state index contributed by atoms with van der Waals surface area (Å²) in [7, 11) is 1.84. The van der Waals surface area contributed by atoms with Gasteiger partial charge in [0.1, 0.15) is 6.10 Å². The molecule has 0 aliphatic carbocycles. The smallest absolute Gasteiger partial charge is 0.253 e. The maximum Gasteiger partial charge on any atom is 0.253 e. The minimum absolute atomic E-state index is 0. The van der Waals surface area contributed by atoms with Crippen LogP contribution in [0.4, 0.5) is 5.69 Å². The zero-order valence-electron chi connectivity index (χ0n) is 17.8. The summed E-state index contributed by atoms with van der Waals surface area (Å²) in [5.74, 6) is 2.41. The molecule has 2 aliphatic rings. The van der Waals surface area contributed by atoms with Crippen molar-refractivity contribution in [3.05, 3.63) is 29.8 Å². The number of amides is 1. The Morgan fingerprint density at radius 1 is 1.34 bits per heavy atom. The third-order valence-electron chi connectivity index (χ3n) is 5.47. The number of benzene rings is 1. The van der Waals surface area contributed by atoms with Crippen LogP contribution in [-0.4, -0.2) is 49.6 Å². The molecule has 7 heteroatoms. The van der Waals surface area contributed by atoms with Gasteiger partial charge in [-0.3, -0.25) is 9.79 Å². The number of halogens is 1. The number of anilines is 1. The first-order chi connectivity index (χ1) is 13.5. The number of carbonyl (C=O) groups excluding carboxylic acids is 1.